The summed E-state index contributed by atoms with van der Waals surface area (Å²) in [6.07, 6.45) is 3.27. The zero-order valence-electron chi connectivity index (χ0n) is 9.89. The van der Waals surface area contributed by atoms with Crippen molar-refractivity contribution in [1.82, 2.24) is 9.97 Å². The van der Waals surface area contributed by atoms with Gasteiger partial charge in [-0.05, 0) is 19.8 Å². The zero-order chi connectivity index (χ0) is 12.3. The Balaban J connectivity index is 2.21. The Kier molecular flexibility index (Phi) is 3.41. The van der Waals surface area contributed by atoms with Gasteiger partial charge in [0.1, 0.15) is 24.0 Å². The molecule has 3 N–H and O–H groups in total. The molecule has 6 heteroatoms. The molecule has 1 aromatic heterocycles. The maximum Gasteiger partial charge on any atom is 0.240 e. The molecule has 6 nitrogen and oxygen atoms in total. The summed E-state index contributed by atoms with van der Waals surface area (Å²) in [5, 5.41) is 3.12. The highest BCUT2D eigenvalue weighted by molar-refractivity contribution is 5.84. The lowest BCUT2D eigenvalue weighted by Gasteiger charge is -2.23. The Hall–Kier alpha value is -1.85. The van der Waals surface area contributed by atoms with Crippen LogP contribution in [-0.4, -0.2) is 35.0 Å². The molecule has 1 aliphatic heterocycles. The summed E-state index contributed by atoms with van der Waals surface area (Å²) < 4.78 is 0. The average molecular weight is 235 g/mol. The van der Waals surface area contributed by atoms with E-state index in [1.165, 1.54) is 6.33 Å². The van der Waals surface area contributed by atoms with Gasteiger partial charge in [-0.15, -0.1) is 0 Å². The second-order valence-corrected chi connectivity index (χ2v) is 4.05. The van der Waals surface area contributed by atoms with E-state index in [9.17, 15) is 4.79 Å². The van der Waals surface area contributed by atoms with Crippen LogP contribution in [-0.2, 0) is 4.79 Å². The van der Waals surface area contributed by atoms with E-state index in [0.29, 0.717) is 0 Å². The molecule has 17 heavy (non-hydrogen) atoms. The second-order valence-electron chi connectivity index (χ2n) is 4.05. The first-order valence-electron chi connectivity index (χ1n) is 5.84. The van der Waals surface area contributed by atoms with Crippen molar-refractivity contribution in [2.24, 2.45) is 5.73 Å². The fourth-order valence-corrected chi connectivity index (χ4v) is 2.12. The number of carbonyl (C=O) groups is 1. The predicted molar refractivity (Wildman–Crippen MR) is 65.8 cm³/mol. The number of amides is 1. The fraction of sp³-hybridized carbons (Fsp3) is 0.545. The fourth-order valence-electron chi connectivity index (χ4n) is 2.12. The summed E-state index contributed by atoms with van der Waals surface area (Å²) in [5.41, 5.74) is 5.38. The van der Waals surface area contributed by atoms with Crippen LogP contribution in [0.1, 0.15) is 19.8 Å². The molecule has 0 saturated carbocycles. The number of primary amides is 1. The van der Waals surface area contributed by atoms with Crippen molar-refractivity contribution >= 4 is 17.5 Å². The standard InChI is InChI=1S/C11H17N5O/c1-2-13-9-6-10(15-7-14-9)16-5-3-4-8(16)11(12)17/h6-8H,2-5H2,1H3,(H2,12,17)(H,13,14,15). The molecule has 1 amide bonds. The lowest BCUT2D eigenvalue weighted by Crippen LogP contribution is -2.40. The van der Waals surface area contributed by atoms with Crippen LogP contribution in [0.3, 0.4) is 0 Å². The topological polar surface area (TPSA) is 84.1 Å². The highest BCUT2D eigenvalue weighted by Crippen LogP contribution is 2.24. The average Bonchev–Trinajstić information content (AvgIpc) is 2.79. The molecule has 0 aliphatic carbocycles. The number of carbonyl (C=O) groups excluding carboxylic acids is 1. The first-order chi connectivity index (χ1) is 8.22. The minimum Gasteiger partial charge on any atom is -0.370 e. The highest BCUT2D eigenvalue weighted by atomic mass is 16.1. The zero-order valence-corrected chi connectivity index (χ0v) is 9.89. The Morgan fingerprint density at radius 1 is 1.65 bits per heavy atom. The number of hydrogen-bond donors (Lipinski definition) is 2. The van der Waals surface area contributed by atoms with E-state index in [-0.39, 0.29) is 11.9 Å². The molecular formula is C11H17N5O. The third kappa shape index (κ3) is 2.46. The van der Waals surface area contributed by atoms with Crippen LogP contribution in [0.2, 0.25) is 0 Å². The van der Waals surface area contributed by atoms with Crippen molar-refractivity contribution < 1.29 is 4.79 Å². The van der Waals surface area contributed by atoms with Crippen LogP contribution in [0.4, 0.5) is 11.6 Å². The third-order valence-corrected chi connectivity index (χ3v) is 2.89. The normalized spacial score (nSPS) is 19.4. The summed E-state index contributed by atoms with van der Waals surface area (Å²) in [7, 11) is 0. The number of rotatable bonds is 4. The number of nitrogens with one attached hydrogen (secondary N) is 1. The molecule has 0 radical (unpaired) electrons. The summed E-state index contributed by atoms with van der Waals surface area (Å²) in [6, 6.07) is 1.62. The molecule has 1 aliphatic rings. The molecule has 0 spiro atoms. The van der Waals surface area contributed by atoms with Crippen LogP contribution >= 0.6 is 0 Å². The molecule has 0 aromatic carbocycles. The Morgan fingerprint density at radius 3 is 3.18 bits per heavy atom. The number of aromatic nitrogens is 2. The molecule has 2 heterocycles. The number of nitrogens with zero attached hydrogens (tertiary/aromatic N) is 3. The van der Waals surface area contributed by atoms with E-state index in [0.717, 1.165) is 37.6 Å². The number of anilines is 2. The van der Waals surface area contributed by atoms with Crippen LogP contribution in [0.5, 0.6) is 0 Å². The monoisotopic (exact) mass is 235 g/mol. The summed E-state index contributed by atoms with van der Waals surface area (Å²) in [5.74, 6) is 1.25. The van der Waals surface area contributed by atoms with E-state index >= 15 is 0 Å². The van der Waals surface area contributed by atoms with E-state index in [4.69, 9.17) is 5.73 Å². The van der Waals surface area contributed by atoms with Crippen LogP contribution in [0.15, 0.2) is 12.4 Å². The highest BCUT2D eigenvalue weighted by Gasteiger charge is 2.30. The first kappa shape index (κ1) is 11.6. The van der Waals surface area contributed by atoms with Gasteiger partial charge in [-0.1, -0.05) is 0 Å². The number of nitrogens with two attached hydrogens (primary N) is 1. The van der Waals surface area contributed by atoms with Crippen molar-refractivity contribution in [3.8, 4) is 0 Å². The van der Waals surface area contributed by atoms with E-state index in [1.54, 1.807) is 0 Å². The van der Waals surface area contributed by atoms with Gasteiger partial charge in [-0.3, -0.25) is 4.79 Å². The quantitative estimate of drug-likeness (QED) is 0.787. The smallest absolute Gasteiger partial charge is 0.240 e. The Labute approximate surface area is 100 Å². The Morgan fingerprint density at radius 2 is 2.47 bits per heavy atom. The van der Waals surface area contributed by atoms with Crippen LogP contribution < -0.4 is 16.0 Å². The van der Waals surface area contributed by atoms with Gasteiger partial charge in [0.2, 0.25) is 5.91 Å². The van der Waals surface area contributed by atoms with Gasteiger partial charge in [0.05, 0.1) is 0 Å². The van der Waals surface area contributed by atoms with Crippen molar-refractivity contribution in [2.45, 2.75) is 25.8 Å². The third-order valence-electron chi connectivity index (χ3n) is 2.89. The van der Waals surface area contributed by atoms with Gasteiger partial charge in [0.15, 0.2) is 0 Å². The molecule has 2 rings (SSSR count). The van der Waals surface area contributed by atoms with E-state index in [1.807, 2.05) is 17.9 Å². The first-order valence-corrected chi connectivity index (χ1v) is 5.84. The van der Waals surface area contributed by atoms with Gasteiger partial charge in [-0.2, -0.15) is 0 Å². The van der Waals surface area contributed by atoms with Gasteiger partial charge >= 0.3 is 0 Å². The molecule has 1 fully saturated rings. The van der Waals surface area contributed by atoms with Crippen LogP contribution in [0, 0.1) is 0 Å². The predicted octanol–water partition coefficient (Wildman–Crippen LogP) is 0.362. The molecule has 1 unspecified atom stereocenters. The molecule has 1 atom stereocenters. The van der Waals surface area contributed by atoms with Gasteiger partial charge in [0, 0.05) is 19.2 Å². The molecule has 1 aromatic rings. The van der Waals surface area contributed by atoms with Gasteiger partial charge in [-0.25, -0.2) is 9.97 Å². The maximum absolute atomic E-state index is 11.3. The minimum absolute atomic E-state index is 0.237. The largest absolute Gasteiger partial charge is 0.370 e. The van der Waals surface area contributed by atoms with Crippen molar-refractivity contribution in [3.63, 3.8) is 0 Å². The summed E-state index contributed by atoms with van der Waals surface area (Å²) in [4.78, 5) is 21.6. The Bertz CT molecular complexity index is 409. The van der Waals surface area contributed by atoms with Crippen molar-refractivity contribution in [3.05, 3.63) is 12.4 Å². The van der Waals surface area contributed by atoms with Crippen LogP contribution in [0.25, 0.3) is 0 Å². The minimum atomic E-state index is -0.286. The van der Waals surface area contributed by atoms with Gasteiger partial charge in [0.25, 0.3) is 0 Å². The molecule has 92 valence electrons. The summed E-state index contributed by atoms with van der Waals surface area (Å²) >= 11 is 0. The maximum atomic E-state index is 11.3. The molecule has 1 saturated heterocycles. The van der Waals surface area contributed by atoms with Gasteiger partial charge < -0.3 is 16.0 Å². The van der Waals surface area contributed by atoms with E-state index in [2.05, 4.69) is 15.3 Å². The lowest BCUT2D eigenvalue weighted by atomic mass is 10.2. The lowest BCUT2D eigenvalue weighted by molar-refractivity contribution is -0.119. The van der Waals surface area contributed by atoms with E-state index < -0.39 is 0 Å². The molecule has 0 bridgehead atoms. The van der Waals surface area contributed by atoms with Crippen molar-refractivity contribution in [2.75, 3.05) is 23.3 Å². The van der Waals surface area contributed by atoms with Crippen molar-refractivity contribution in [1.29, 1.82) is 0 Å². The summed E-state index contributed by atoms with van der Waals surface area (Å²) in [6.45, 7) is 3.62. The molecular weight excluding hydrogens is 218 g/mol. The second kappa shape index (κ2) is 4.99. The SMILES string of the molecule is CCNc1cc(N2CCCC2C(N)=O)ncn1. The number of hydrogen-bond acceptors (Lipinski definition) is 5.